The lowest BCUT2D eigenvalue weighted by Gasteiger charge is -2.27. The zero-order valence-corrected chi connectivity index (χ0v) is 17.9. The van der Waals surface area contributed by atoms with Crippen LogP contribution in [0.4, 0.5) is 4.79 Å². The van der Waals surface area contributed by atoms with Crippen LogP contribution >= 0.6 is 23.4 Å². The molecule has 9 nitrogen and oxygen atoms in total. The van der Waals surface area contributed by atoms with E-state index in [-0.39, 0.29) is 17.9 Å². The maximum absolute atomic E-state index is 12.7. The third-order valence-electron chi connectivity index (χ3n) is 4.43. The molecular weight excluding hydrogens is 442 g/mol. The molecule has 1 unspecified atom stereocenters. The number of carbonyl (C=O) groups excluding carboxylic acids is 2. The number of benzene rings is 1. The Bertz CT molecular complexity index is 1130. The molecule has 0 bridgehead atoms. The molecule has 4 rings (SSSR count). The molecule has 1 aliphatic rings. The van der Waals surface area contributed by atoms with E-state index in [1.54, 1.807) is 42.1 Å². The van der Waals surface area contributed by atoms with E-state index in [1.807, 2.05) is 12.1 Å². The third kappa shape index (κ3) is 4.59. The number of ether oxygens (including phenoxy) is 1. The van der Waals surface area contributed by atoms with Crippen molar-refractivity contribution in [3.8, 4) is 5.69 Å². The number of aromatic nitrogens is 3. The number of esters is 1. The monoisotopic (exact) mass is 459 g/mol. The van der Waals surface area contributed by atoms with E-state index in [1.165, 1.54) is 18.0 Å². The Morgan fingerprint density at radius 3 is 2.97 bits per heavy atom. The highest BCUT2D eigenvalue weighted by Gasteiger charge is 2.35. The highest BCUT2D eigenvalue weighted by atomic mass is 35.5. The lowest BCUT2D eigenvalue weighted by Crippen LogP contribution is -2.46. The van der Waals surface area contributed by atoms with Crippen molar-refractivity contribution in [2.45, 2.75) is 18.1 Å². The van der Waals surface area contributed by atoms with Gasteiger partial charge in [-0.15, -0.1) is 10.2 Å². The molecule has 2 aromatic heterocycles. The first kappa shape index (κ1) is 21.0. The molecule has 0 saturated carbocycles. The SMILES string of the molecule is CCOC(=O)C1=C(CSc2nncn2-c2cccc(Cl)c2)NC(=O)NC1c1ccco1. The van der Waals surface area contributed by atoms with Gasteiger partial charge in [-0.25, -0.2) is 9.59 Å². The first-order valence-electron chi connectivity index (χ1n) is 9.36. The van der Waals surface area contributed by atoms with Gasteiger partial charge in [0.1, 0.15) is 18.1 Å². The number of nitrogens with one attached hydrogen (secondary N) is 2. The van der Waals surface area contributed by atoms with E-state index in [0.717, 1.165) is 5.69 Å². The molecule has 2 N–H and O–H groups in total. The second kappa shape index (κ2) is 9.27. The zero-order valence-electron chi connectivity index (χ0n) is 16.4. The number of hydrogen-bond acceptors (Lipinski definition) is 7. The molecule has 31 heavy (non-hydrogen) atoms. The number of urea groups is 1. The van der Waals surface area contributed by atoms with Gasteiger partial charge >= 0.3 is 12.0 Å². The van der Waals surface area contributed by atoms with Crippen LogP contribution < -0.4 is 10.6 Å². The van der Waals surface area contributed by atoms with E-state index in [9.17, 15) is 9.59 Å². The fourth-order valence-corrected chi connectivity index (χ4v) is 4.20. The number of halogens is 1. The Balaban J connectivity index is 1.65. The Labute approximate surface area is 186 Å². The van der Waals surface area contributed by atoms with Crippen LogP contribution in [0.15, 0.2) is 69.8 Å². The molecule has 3 aromatic rings. The molecule has 0 aliphatic carbocycles. The van der Waals surface area contributed by atoms with Gasteiger partial charge in [0.2, 0.25) is 0 Å². The van der Waals surface area contributed by atoms with E-state index in [0.29, 0.717) is 21.6 Å². The lowest BCUT2D eigenvalue weighted by molar-refractivity contribution is -0.139. The van der Waals surface area contributed by atoms with Crippen molar-refractivity contribution in [3.63, 3.8) is 0 Å². The average Bonchev–Trinajstić information content (AvgIpc) is 3.44. The quantitative estimate of drug-likeness (QED) is 0.411. The van der Waals surface area contributed by atoms with E-state index >= 15 is 0 Å². The number of carbonyl (C=O) groups is 2. The summed E-state index contributed by atoms with van der Waals surface area (Å²) in [7, 11) is 0. The van der Waals surface area contributed by atoms with Gasteiger partial charge in [-0.05, 0) is 37.3 Å². The number of rotatable bonds is 7. The van der Waals surface area contributed by atoms with Crippen molar-refractivity contribution >= 4 is 35.4 Å². The van der Waals surface area contributed by atoms with Gasteiger partial charge in [-0.2, -0.15) is 0 Å². The van der Waals surface area contributed by atoms with Crippen molar-refractivity contribution in [1.29, 1.82) is 0 Å². The Hall–Kier alpha value is -3.24. The molecule has 1 atom stereocenters. The van der Waals surface area contributed by atoms with Gasteiger partial charge in [0.05, 0.1) is 24.1 Å². The summed E-state index contributed by atoms with van der Waals surface area (Å²) in [5.41, 5.74) is 1.48. The molecule has 1 aromatic carbocycles. The summed E-state index contributed by atoms with van der Waals surface area (Å²) in [4.78, 5) is 25.0. The average molecular weight is 460 g/mol. The minimum Gasteiger partial charge on any atom is -0.467 e. The van der Waals surface area contributed by atoms with Crippen LogP contribution in [0.1, 0.15) is 18.7 Å². The van der Waals surface area contributed by atoms with Crippen molar-refractivity contribution in [1.82, 2.24) is 25.4 Å². The van der Waals surface area contributed by atoms with E-state index < -0.39 is 18.0 Å². The highest BCUT2D eigenvalue weighted by Crippen LogP contribution is 2.31. The number of amides is 2. The second-order valence-corrected chi connectivity index (χ2v) is 7.79. The fraction of sp³-hybridized carbons (Fsp3) is 0.200. The molecule has 11 heteroatoms. The highest BCUT2D eigenvalue weighted by molar-refractivity contribution is 7.99. The fourth-order valence-electron chi connectivity index (χ4n) is 3.11. The summed E-state index contributed by atoms with van der Waals surface area (Å²) in [5, 5.41) is 14.7. The summed E-state index contributed by atoms with van der Waals surface area (Å²) < 4.78 is 12.4. The largest absolute Gasteiger partial charge is 0.467 e. The van der Waals surface area contributed by atoms with Gasteiger partial charge in [0.15, 0.2) is 5.16 Å². The van der Waals surface area contributed by atoms with Gasteiger partial charge < -0.3 is 19.8 Å². The third-order valence-corrected chi connectivity index (χ3v) is 5.63. The first-order valence-corrected chi connectivity index (χ1v) is 10.7. The molecule has 1 aliphatic heterocycles. The maximum Gasteiger partial charge on any atom is 0.338 e. The lowest BCUT2D eigenvalue weighted by atomic mass is 10.0. The second-order valence-electron chi connectivity index (χ2n) is 6.41. The Morgan fingerprint density at radius 1 is 1.35 bits per heavy atom. The summed E-state index contributed by atoms with van der Waals surface area (Å²) in [6.07, 6.45) is 3.05. The molecule has 160 valence electrons. The number of furan rings is 1. The normalized spacial score (nSPS) is 16.1. The van der Waals surface area contributed by atoms with Gasteiger partial charge in [0, 0.05) is 16.5 Å². The summed E-state index contributed by atoms with van der Waals surface area (Å²) in [6.45, 7) is 1.92. The van der Waals surface area contributed by atoms with E-state index in [2.05, 4.69) is 20.8 Å². The molecule has 0 saturated heterocycles. The van der Waals surface area contributed by atoms with Gasteiger partial charge in [-0.3, -0.25) is 4.57 Å². The van der Waals surface area contributed by atoms with Crippen LogP contribution in [-0.4, -0.2) is 39.1 Å². The molecule has 2 amide bonds. The predicted octanol–water partition coefficient (Wildman–Crippen LogP) is 3.48. The topological polar surface area (TPSA) is 111 Å². The van der Waals surface area contributed by atoms with Crippen molar-refractivity contribution in [2.75, 3.05) is 12.4 Å². The maximum atomic E-state index is 12.7. The van der Waals surface area contributed by atoms with Crippen LogP contribution in [0.2, 0.25) is 5.02 Å². The molecule has 3 heterocycles. The van der Waals surface area contributed by atoms with E-state index in [4.69, 9.17) is 20.8 Å². The van der Waals surface area contributed by atoms with Crippen LogP contribution in [-0.2, 0) is 9.53 Å². The van der Waals surface area contributed by atoms with Crippen LogP contribution in [0.3, 0.4) is 0 Å². The number of nitrogens with zero attached hydrogens (tertiary/aromatic N) is 3. The number of hydrogen-bond donors (Lipinski definition) is 2. The predicted molar refractivity (Wildman–Crippen MR) is 114 cm³/mol. The van der Waals surface area contributed by atoms with Crippen LogP contribution in [0.25, 0.3) is 5.69 Å². The Morgan fingerprint density at radius 2 is 2.23 bits per heavy atom. The summed E-state index contributed by atoms with van der Waals surface area (Å²) in [5.74, 6) is 0.142. The Kier molecular flexibility index (Phi) is 6.28. The smallest absolute Gasteiger partial charge is 0.338 e. The molecule has 0 radical (unpaired) electrons. The molecule has 0 fully saturated rings. The minimum absolute atomic E-state index is 0.199. The first-order chi connectivity index (χ1) is 15.1. The van der Waals surface area contributed by atoms with Crippen molar-refractivity contribution in [3.05, 3.63) is 71.0 Å². The summed E-state index contributed by atoms with van der Waals surface area (Å²) >= 11 is 7.40. The molecule has 0 spiro atoms. The van der Waals surface area contributed by atoms with Gasteiger partial charge in [0.25, 0.3) is 0 Å². The number of thioether (sulfide) groups is 1. The van der Waals surface area contributed by atoms with Crippen molar-refractivity contribution < 1.29 is 18.7 Å². The van der Waals surface area contributed by atoms with Crippen LogP contribution in [0, 0.1) is 0 Å². The zero-order chi connectivity index (χ0) is 21.8. The minimum atomic E-state index is -0.760. The van der Waals surface area contributed by atoms with Crippen LogP contribution in [0.5, 0.6) is 0 Å². The standard InChI is InChI=1S/C20H18ClN5O4S/c1-2-29-18(27)16-14(23-19(28)24-17(16)15-7-4-8-30-15)10-31-20-25-22-11-26(20)13-6-3-5-12(21)9-13/h3-9,11,17H,2,10H2,1H3,(H2,23,24,28). The van der Waals surface area contributed by atoms with Gasteiger partial charge in [-0.1, -0.05) is 29.4 Å². The van der Waals surface area contributed by atoms with Crippen molar-refractivity contribution in [2.24, 2.45) is 0 Å². The summed E-state index contributed by atoms with van der Waals surface area (Å²) in [6, 6.07) is 9.45. The molecular formula is C20H18ClN5O4S.